The molecular formula is C16H13F3LiNO4. The van der Waals surface area contributed by atoms with E-state index >= 15 is 0 Å². The number of hydrogen-bond acceptors (Lipinski definition) is 5. The van der Waals surface area contributed by atoms with Gasteiger partial charge in [-0.2, -0.15) is 13.2 Å². The van der Waals surface area contributed by atoms with Crippen LogP contribution < -0.4 is 34.0 Å². The quantitative estimate of drug-likeness (QED) is 0.409. The number of phenols is 1. The number of carboxylic acid groups (broad SMARTS) is 1. The summed E-state index contributed by atoms with van der Waals surface area (Å²) in [6, 6.07) is 8.19. The molecule has 0 bridgehead atoms. The SMILES string of the molecule is O=C([O-])c1cc(NCCOc2ccc(C(F)(F)F)cc2)ccc1O.[Li+]. The molecule has 0 saturated carbocycles. The molecule has 0 fully saturated rings. The van der Waals surface area contributed by atoms with E-state index < -0.39 is 23.5 Å². The van der Waals surface area contributed by atoms with E-state index in [0.29, 0.717) is 5.69 Å². The van der Waals surface area contributed by atoms with Crippen molar-refractivity contribution in [2.24, 2.45) is 0 Å². The summed E-state index contributed by atoms with van der Waals surface area (Å²) in [5.74, 6) is -1.62. The average Bonchev–Trinajstić information content (AvgIpc) is 2.52. The van der Waals surface area contributed by atoms with Gasteiger partial charge < -0.3 is 25.1 Å². The fourth-order valence-corrected chi connectivity index (χ4v) is 1.91. The van der Waals surface area contributed by atoms with Gasteiger partial charge >= 0.3 is 25.0 Å². The molecule has 128 valence electrons. The first kappa shape index (κ1) is 20.7. The smallest absolute Gasteiger partial charge is 0.545 e. The Morgan fingerprint density at radius 3 is 2.36 bits per heavy atom. The number of ether oxygens (including phenoxy) is 1. The van der Waals surface area contributed by atoms with E-state index in [9.17, 15) is 28.2 Å². The van der Waals surface area contributed by atoms with Crippen molar-refractivity contribution in [1.82, 2.24) is 0 Å². The van der Waals surface area contributed by atoms with Crippen LogP contribution in [0.25, 0.3) is 0 Å². The average molecular weight is 347 g/mol. The minimum atomic E-state index is -4.39. The summed E-state index contributed by atoms with van der Waals surface area (Å²) in [5, 5.41) is 23.0. The first-order valence-electron chi connectivity index (χ1n) is 6.85. The summed E-state index contributed by atoms with van der Waals surface area (Å²) < 4.78 is 42.5. The van der Waals surface area contributed by atoms with Gasteiger partial charge in [-0.05, 0) is 42.5 Å². The summed E-state index contributed by atoms with van der Waals surface area (Å²) in [4.78, 5) is 10.8. The molecule has 0 aliphatic carbocycles. The molecule has 0 saturated heterocycles. The monoisotopic (exact) mass is 347 g/mol. The Kier molecular flexibility index (Phi) is 7.21. The second-order valence-electron chi connectivity index (χ2n) is 4.82. The first-order chi connectivity index (χ1) is 11.3. The molecule has 0 aliphatic rings. The molecule has 0 atom stereocenters. The predicted octanol–water partition coefficient (Wildman–Crippen LogP) is -0.731. The minimum Gasteiger partial charge on any atom is -0.545 e. The van der Waals surface area contributed by atoms with Crippen molar-refractivity contribution < 1.29 is 51.8 Å². The fraction of sp³-hybridized carbons (Fsp3) is 0.188. The Labute approximate surface area is 153 Å². The van der Waals surface area contributed by atoms with Gasteiger partial charge in [0, 0.05) is 17.8 Å². The topological polar surface area (TPSA) is 81.6 Å². The van der Waals surface area contributed by atoms with Gasteiger partial charge in [-0.15, -0.1) is 0 Å². The number of rotatable bonds is 6. The summed E-state index contributed by atoms with van der Waals surface area (Å²) in [6.45, 7) is 0.422. The molecule has 0 heterocycles. The fourth-order valence-electron chi connectivity index (χ4n) is 1.91. The normalized spacial score (nSPS) is 10.7. The molecule has 0 amide bonds. The van der Waals surface area contributed by atoms with Crippen LogP contribution in [-0.2, 0) is 6.18 Å². The number of carbonyl (C=O) groups excluding carboxylic acids is 1. The minimum absolute atomic E-state index is 0. The summed E-state index contributed by atoms with van der Waals surface area (Å²) in [5.41, 5.74) is -0.668. The van der Waals surface area contributed by atoms with Crippen LogP contribution in [0, 0.1) is 0 Å². The molecule has 5 nitrogen and oxygen atoms in total. The van der Waals surface area contributed by atoms with E-state index in [4.69, 9.17) is 4.74 Å². The molecule has 2 aromatic carbocycles. The van der Waals surface area contributed by atoms with E-state index in [0.717, 1.165) is 12.1 Å². The molecule has 2 aromatic rings. The number of halogens is 3. The third kappa shape index (κ3) is 5.92. The third-order valence-corrected chi connectivity index (χ3v) is 3.10. The van der Waals surface area contributed by atoms with Gasteiger partial charge in [0.15, 0.2) is 0 Å². The van der Waals surface area contributed by atoms with Crippen LogP contribution in [-0.4, -0.2) is 24.2 Å². The van der Waals surface area contributed by atoms with Gasteiger partial charge in [0.05, 0.1) is 11.5 Å². The largest absolute Gasteiger partial charge is 1.00 e. The zero-order valence-corrected chi connectivity index (χ0v) is 13.3. The number of aromatic carboxylic acids is 1. The van der Waals surface area contributed by atoms with Gasteiger partial charge in [-0.3, -0.25) is 0 Å². The number of nitrogens with one attached hydrogen (secondary N) is 1. The Balaban J connectivity index is 0.00000312. The van der Waals surface area contributed by atoms with Crippen molar-refractivity contribution in [1.29, 1.82) is 0 Å². The molecule has 9 heteroatoms. The number of hydrogen-bond donors (Lipinski definition) is 2. The molecule has 0 unspecified atom stereocenters. The number of anilines is 1. The van der Waals surface area contributed by atoms with E-state index in [2.05, 4.69) is 5.32 Å². The molecule has 2 rings (SSSR count). The number of carboxylic acids is 1. The first-order valence-corrected chi connectivity index (χ1v) is 6.85. The van der Waals surface area contributed by atoms with Crippen LogP contribution >= 0.6 is 0 Å². The number of aromatic hydroxyl groups is 1. The van der Waals surface area contributed by atoms with Crippen LogP contribution in [0.1, 0.15) is 15.9 Å². The molecule has 25 heavy (non-hydrogen) atoms. The van der Waals surface area contributed by atoms with E-state index in [1.165, 1.54) is 30.3 Å². The predicted molar refractivity (Wildman–Crippen MR) is 77.9 cm³/mol. The van der Waals surface area contributed by atoms with Crippen molar-refractivity contribution in [2.45, 2.75) is 6.18 Å². The molecular weight excluding hydrogens is 334 g/mol. The third-order valence-electron chi connectivity index (χ3n) is 3.10. The van der Waals surface area contributed by atoms with Crippen molar-refractivity contribution in [3.8, 4) is 11.5 Å². The molecule has 0 radical (unpaired) electrons. The Hall–Kier alpha value is -2.30. The second kappa shape index (κ2) is 8.69. The van der Waals surface area contributed by atoms with Crippen molar-refractivity contribution in [2.75, 3.05) is 18.5 Å². The van der Waals surface area contributed by atoms with Gasteiger partial charge in [0.25, 0.3) is 0 Å². The van der Waals surface area contributed by atoms with Crippen molar-refractivity contribution >= 4 is 11.7 Å². The Morgan fingerprint density at radius 2 is 1.80 bits per heavy atom. The standard InChI is InChI=1S/C16H14F3NO4.Li/c17-16(18,19)10-1-4-12(5-2-10)24-8-7-20-11-3-6-14(21)13(9-11)15(22)23;/h1-6,9,20-21H,7-8H2,(H,22,23);/q;+1/p-1. The van der Waals surface area contributed by atoms with E-state index in [1.807, 2.05) is 0 Å². The summed E-state index contributed by atoms with van der Waals surface area (Å²) in [6.07, 6.45) is -4.39. The van der Waals surface area contributed by atoms with Crippen LogP contribution in [0.3, 0.4) is 0 Å². The molecule has 0 spiro atoms. The molecule has 0 aliphatic heterocycles. The molecule has 0 aromatic heterocycles. The zero-order chi connectivity index (χ0) is 17.7. The maximum atomic E-state index is 12.4. The maximum Gasteiger partial charge on any atom is 1.00 e. The van der Waals surface area contributed by atoms with Gasteiger partial charge in [-0.1, -0.05) is 0 Å². The number of carbonyl (C=O) groups is 1. The molecule has 2 N–H and O–H groups in total. The summed E-state index contributed by atoms with van der Waals surface area (Å²) >= 11 is 0. The zero-order valence-electron chi connectivity index (χ0n) is 13.3. The van der Waals surface area contributed by atoms with Gasteiger partial charge in [0.1, 0.15) is 18.1 Å². The van der Waals surface area contributed by atoms with Gasteiger partial charge in [0.2, 0.25) is 0 Å². The Bertz CT molecular complexity index is 720. The number of alkyl halides is 3. The van der Waals surface area contributed by atoms with Crippen LogP contribution in [0.5, 0.6) is 11.5 Å². The van der Waals surface area contributed by atoms with Crippen molar-refractivity contribution in [3.05, 3.63) is 53.6 Å². The van der Waals surface area contributed by atoms with Crippen LogP contribution in [0.15, 0.2) is 42.5 Å². The Morgan fingerprint density at radius 1 is 1.16 bits per heavy atom. The van der Waals surface area contributed by atoms with Crippen LogP contribution in [0.2, 0.25) is 0 Å². The van der Waals surface area contributed by atoms with Crippen molar-refractivity contribution in [3.63, 3.8) is 0 Å². The summed E-state index contributed by atoms with van der Waals surface area (Å²) in [7, 11) is 0. The number of benzene rings is 2. The van der Waals surface area contributed by atoms with E-state index in [-0.39, 0.29) is 43.3 Å². The van der Waals surface area contributed by atoms with E-state index in [1.54, 1.807) is 0 Å². The maximum absolute atomic E-state index is 12.4. The van der Waals surface area contributed by atoms with Gasteiger partial charge in [-0.25, -0.2) is 0 Å². The second-order valence-corrected chi connectivity index (χ2v) is 4.82. The van der Waals surface area contributed by atoms with Crippen LogP contribution in [0.4, 0.5) is 18.9 Å².